The van der Waals surface area contributed by atoms with Crippen LogP contribution in [0.25, 0.3) is 0 Å². The summed E-state index contributed by atoms with van der Waals surface area (Å²) in [5.74, 6) is 1.31. The van der Waals surface area contributed by atoms with Crippen LogP contribution in [0.15, 0.2) is 48.8 Å². The molecule has 0 aliphatic heterocycles. The Hall–Kier alpha value is -2.40. The second kappa shape index (κ2) is 7.93. The highest BCUT2D eigenvalue weighted by Gasteiger charge is 2.26. The van der Waals surface area contributed by atoms with E-state index in [0.717, 1.165) is 25.7 Å². The van der Waals surface area contributed by atoms with Gasteiger partial charge in [-0.05, 0) is 43.2 Å². The summed E-state index contributed by atoms with van der Waals surface area (Å²) in [6, 6.07) is 10.7. The van der Waals surface area contributed by atoms with Crippen LogP contribution in [0.3, 0.4) is 0 Å². The fourth-order valence-corrected chi connectivity index (χ4v) is 3.11. The minimum atomic E-state index is -0.125. The predicted octanol–water partition coefficient (Wildman–Crippen LogP) is 3.15. The van der Waals surface area contributed by atoms with E-state index in [-0.39, 0.29) is 24.5 Å². The standard InChI is InChI=1S/C19H22N2O3/c22-13-15-4-1-2-7-18(15)21-19(23)14-5-3-6-17(12-14)24-16-8-10-20-11-9-16/h3,5-6,8-12,15,18,22H,1-2,4,7,13H2,(H,21,23). The van der Waals surface area contributed by atoms with Crippen LogP contribution in [0, 0.1) is 5.92 Å². The lowest BCUT2D eigenvalue weighted by molar-refractivity contribution is 0.0872. The molecule has 2 unspecified atom stereocenters. The molecule has 1 amide bonds. The van der Waals surface area contributed by atoms with E-state index >= 15 is 0 Å². The first-order chi connectivity index (χ1) is 11.8. The molecule has 0 bridgehead atoms. The number of rotatable bonds is 5. The van der Waals surface area contributed by atoms with Crippen molar-refractivity contribution in [3.63, 3.8) is 0 Å². The van der Waals surface area contributed by atoms with Crippen molar-refractivity contribution in [1.82, 2.24) is 10.3 Å². The molecule has 0 spiro atoms. The van der Waals surface area contributed by atoms with Crippen LogP contribution in [0.5, 0.6) is 11.5 Å². The predicted molar refractivity (Wildman–Crippen MR) is 91.1 cm³/mol. The summed E-state index contributed by atoms with van der Waals surface area (Å²) in [7, 11) is 0. The van der Waals surface area contributed by atoms with Crippen molar-refractivity contribution in [2.75, 3.05) is 6.61 Å². The minimum absolute atomic E-state index is 0.0426. The molecule has 126 valence electrons. The lowest BCUT2D eigenvalue weighted by Crippen LogP contribution is -2.43. The van der Waals surface area contributed by atoms with E-state index in [1.54, 1.807) is 42.7 Å². The highest BCUT2D eigenvalue weighted by Crippen LogP contribution is 2.25. The lowest BCUT2D eigenvalue weighted by Gasteiger charge is -2.30. The second-order valence-corrected chi connectivity index (χ2v) is 6.12. The Morgan fingerprint density at radius 1 is 1.17 bits per heavy atom. The third-order valence-corrected chi connectivity index (χ3v) is 4.44. The summed E-state index contributed by atoms with van der Waals surface area (Å²) in [6.45, 7) is 0.121. The van der Waals surface area contributed by atoms with E-state index in [1.165, 1.54) is 0 Å². The van der Waals surface area contributed by atoms with Gasteiger partial charge in [0.15, 0.2) is 0 Å². The van der Waals surface area contributed by atoms with E-state index in [0.29, 0.717) is 17.1 Å². The number of pyridine rings is 1. The normalized spacial score (nSPS) is 20.4. The quantitative estimate of drug-likeness (QED) is 0.885. The minimum Gasteiger partial charge on any atom is -0.457 e. The maximum absolute atomic E-state index is 12.5. The molecule has 0 radical (unpaired) electrons. The maximum Gasteiger partial charge on any atom is 0.251 e. The number of aliphatic hydroxyl groups is 1. The third kappa shape index (κ3) is 4.11. The molecule has 0 saturated heterocycles. The summed E-state index contributed by atoms with van der Waals surface area (Å²) in [4.78, 5) is 16.5. The van der Waals surface area contributed by atoms with E-state index in [9.17, 15) is 9.90 Å². The molecule has 1 saturated carbocycles. The first-order valence-corrected chi connectivity index (χ1v) is 8.36. The van der Waals surface area contributed by atoms with Gasteiger partial charge in [0.05, 0.1) is 0 Å². The van der Waals surface area contributed by atoms with Gasteiger partial charge >= 0.3 is 0 Å². The largest absolute Gasteiger partial charge is 0.457 e. The number of benzene rings is 1. The third-order valence-electron chi connectivity index (χ3n) is 4.44. The molecule has 1 aliphatic rings. The van der Waals surface area contributed by atoms with E-state index in [2.05, 4.69) is 10.3 Å². The Morgan fingerprint density at radius 3 is 2.75 bits per heavy atom. The van der Waals surface area contributed by atoms with Gasteiger partial charge in [0.1, 0.15) is 11.5 Å². The van der Waals surface area contributed by atoms with Gasteiger partial charge in [0, 0.05) is 36.5 Å². The van der Waals surface area contributed by atoms with Crippen LogP contribution >= 0.6 is 0 Å². The van der Waals surface area contributed by atoms with Crippen molar-refractivity contribution in [3.8, 4) is 11.5 Å². The van der Waals surface area contributed by atoms with Crippen molar-refractivity contribution >= 4 is 5.91 Å². The summed E-state index contributed by atoms with van der Waals surface area (Å²) < 4.78 is 5.74. The molecule has 5 heteroatoms. The summed E-state index contributed by atoms with van der Waals surface area (Å²) in [5.41, 5.74) is 0.559. The molecule has 3 rings (SSSR count). The van der Waals surface area contributed by atoms with Crippen molar-refractivity contribution < 1.29 is 14.6 Å². The molecule has 2 N–H and O–H groups in total. The zero-order chi connectivity index (χ0) is 16.8. The highest BCUT2D eigenvalue weighted by atomic mass is 16.5. The molecule has 5 nitrogen and oxygen atoms in total. The number of carbonyl (C=O) groups excluding carboxylic acids is 1. The highest BCUT2D eigenvalue weighted by molar-refractivity contribution is 5.94. The Labute approximate surface area is 141 Å². The van der Waals surface area contributed by atoms with Gasteiger partial charge in [-0.1, -0.05) is 18.9 Å². The van der Waals surface area contributed by atoms with Gasteiger partial charge in [-0.25, -0.2) is 0 Å². The average Bonchev–Trinajstić information content (AvgIpc) is 2.63. The van der Waals surface area contributed by atoms with Crippen molar-refractivity contribution in [2.45, 2.75) is 31.7 Å². The Balaban J connectivity index is 1.67. The van der Waals surface area contributed by atoms with Gasteiger partial charge in [-0.15, -0.1) is 0 Å². The molecule has 1 aromatic heterocycles. The van der Waals surface area contributed by atoms with Crippen molar-refractivity contribution in [2.24, 2.45) is 5.92 Å². The van der Waals surface area contributed by atoms with Crippen molar-refractivity contribution in [1.29, 1.82) is 0 Å². The number of ether oxygens (including phenoxy) is 1. The topological polar surface area (TPSA) is 71.5 Å². The zero-order valence-electron chi connectivity index (χ0n) is 13.5. The molecule has 24 heavy (non-hydrogen) atoms. The van der Waals surface area contributed by atoms with Gasteiger partial charge in [-0.2, -0.15) is 0 Å². The van der Waals surface area contributed by atoms with E-state index in [4.69, 9.17) is 4.74 Å². The SMILES string of the molecule is O=C(NC1CCCCC1CO)c1cccc(Oc2ccncc2)c1. The van der Waals surface area contributed by atoms with Crippen LogP contribution in [0.4, 0.5) is 0 Å². The van der Waals surface area contributed by atoms with Gasteiger partial charge in [0.25, 0.3) is 5.91 Å². The fraction of sp³-hybridized carbons (Fsp3) is 0.368. The number of aliphatic hydroxyl groups excluding tert-OH is 1. The molecular weight excluding hydrogens is 304 g/mol. The first-order valence-electron chi connectivity index (χ1n) is 8.36. The number of hydrogen-bond donors (Lipinski definition) is 2. The number of carbonyl (C=O) groups is 1. The van der Waals surface area contributed by atoms with Gasteiger partial charge in [0.2, 0.25) is 0 Å². The Bertz CT molecular complexity index is 675. The molecule has 1 fully saturated rings. The maximum atomic E-state index is 12.5. The van der Waals surface area contributed by atoms with Crippen LogP contribution in [-0.2, 0) is 0 Å². The molecule has 1 aliphatic carbocycles. The van der Waals surface area contributed by atoms with Crippen molar-refractivity contribution in [3.05, 3.63) is 54.4 Å². The van der Waals surface area contributed by atoms with Crippen LogP contribution in [0.1, 0.15) is 36.0 Å². The molecule has 2 aromatic rings. The average molecular weight is 326 g/mol. The van der Waals surface area contributed by atoms with Gasteiger partial charge < -0.3 is 15.2 Å². The zero-order valence-corrected chi connectivity index (χ0v) is 13.5. The smallest absolute Gasteiger partial charge is 0.251 e. The monoisotopic (exact) mass is 326 g/mol. The summed E-state index contributed by atoms with van der Waals surface area (Å²) >= 11 is 0. The van der Waals surface area contributed by atoms with Crippen LogP contribution in [-0.4, -0.2) is 28.6 Å². The van der Waals surface area contributed by atoms with E-state index in [1.807, 2.05) is 6.07 Å². The molecule has 2 atom stereocenters. The second-order valence-electron chi connectivity index (χ2n) is 6.12. The number of nitrogens with one attached hydrogen (secondary N) is 1. The van der Waals surface area contributed by atoms with Gasteiger partial charge in [-0.3, -0.25) is 9.78 Å². The summed E-state index contributed by atoms with van der Waals surface area (Å²) in [5, 5.41) is 12.5. The number of nitrogens with zero attached hydrogens (tertiary/aromatic N) is 1. The molecule has 1 heterocycles. The number of aromatic nitrogens is 1. The number of hydrogen-bond acceptors (Lipinski definition) is 4. The fourth-order valence-electron chi connectivity index (χ4n) is 3.11. The van der Waals surface area contributed by atoms with Crippen LogP contribution < -0.4 is 10.1 Å². The first kappa shape index (κ1) is 16.5. The Kier molecular flexibility index (Phi) is 5.43. The molecular formula is C19H22N2O3. The van der Waals surface area contributed by atoms with E-state index < -0.39 is 0 Å². The Morgan fingerprint density at radius 2 is 1.96 bits per heavy atom. The lowest BCUT2D eigenvalue weighted by atomic mass is 9.85. The summed E-state index contributed by atoms with van der Waals surface area (Å²) in [6.07, 6.45) is 7.41. The number of amides is 1. The van der Waals surface area contributed by atoms with Crippen LogP contribution in [0.2, 0.25) is 0 Å². The molecule has 1 aromatic carbocycles.